The normalized spacial score (nSPS) is 23.5. The van der Waals surface area contributed by atoms with Gasteiger partial charge in [-0.1, -0.05) is 0 Å². The highest BCUT2D eigenvalue weighted by atomic mass is 16.5. The van der Waals surface area contributed by atoms with E-state index in [-0.39, 0.29) is 17.6 Å². The quantitative estimate of drug-likeness (QED) is 0.855. The van der Waals surface area contributed by atoms with Crippen molar-refractivity contribution in [3.05, 3.63) is 17.0 Å². The van der Waals surface area contributed by atoms with E-state index in [9.17, 15) is 4.79 Å². The molecule has 0 radical (unpaired) electrons. The molecule has 2 aliphatic heterocycles. The van der Waals surface area contributed by atoms with E-state index >= 15 is 0 Å². The molecule has 0 aliphatic carbocycles. The first-order valence-electron chi connectivity index (χ1n) is 9.57. The molecular weight excluding hydrogens is 316 g/mol. The average molecular weight is 348 g/mol. The molecule has 2 N–H and O–H groups in total. The Morgan fingerprint density at radius 3 is 2.68 bits per heavy atom. The first-order valence-corrected chi connectivity index (χ1v) is 9.57. The number of aromatic nitrogens is 2. The summed E-state index contributed by atoms with van der Waals surface area (Å²) in [7, 11) is 0. The van der Waals surface area contributed by atoms with E-state index in [1.54, 1.807) is 0 Å². The molecule has 0 aromatic carbocycles. The molecule has 3 heterocycles. The Balaban J connectivity index is 1.44. The van der Waals surface area contributed by atoms with Crippen LogP contribution >= 0.6 is 0 Å². The molecule has 2 aliphatic rings. The standard InChI is InChI=1S/C19H32N4O2/c1-13(2)23-9-7-19(8-10-23)6-5-16(25-19)12-20-18(24)11-17-14(3)21-22-15(17)4/h13,16H,5-12H2,1-4H3,(H,20,24)(H,21,22)/t16-/m0/s1. The van der Waals surface area contributed by atoms with Gasteiger partial charge in [0.15, 0.2) is 0 Å². The molecule has 3 rings (SSSR count). The number of carbonyl (C=O) groups is 1. The second-order valence-corrected chi connectivity index (χ2v) is 7.98. The molecule has 2 fully saturated rings. The van der Waals surface area contributed by atoms with Crippen LogP contribution in [0.25, 0.3) is 0 Å². The van der Waals surface area contributed by atoms with Gasteiger partial charge in [-0.3, -0.25) is 9.89 Å². The lowest BCUT2D eigenvalue weighted by atomic mass is 9.88. The summed E-state index contributed by atoms with van der Waals surface area (Å²) in [5.74, 6) is 0.0479. The zero-order chi connectivity index (χ0) is 18.0. The molecule has 140 valence electrons. The lowest BCUT2D eigenvalue weighted by Gasteiger charge is -2.40. The van der Waals surface area contributed by atoms with Gasteiger partial charge in [0.1, 0.15) is 0 Å². The predicted molar refractivity (Wildman–Crippen MR) is 97.6 cm³/mol. The fourth-order valence-corrected chi connectivity index (χ4v) is 4.14. The highest BCUT2D eigenvalue weighted by Crippen LogP contribution is 2.39. The van der Waals surface area contributed by atoms with E-state index in [4.69, 9.17) is 4.74 Å². The van der Waals surface area contributed by atoms with Crippen LogP contribution < -0.4 is 5.32 Å². The van der Waals surface area contributed by atoms with E-state index < -0.39 is 0 Å². The van der Waals surface area contributed by atoms with Crippen molar-refractivity contribution in [3.8, 4) is 0 Å². The predicted octanol–water partition coefficient (Wildman–Crippen LogP) is 2.11. The van der Waals surface area contributed by atoms with Crippen LogP contribution in [0, 0.1) is 13.8 Å². The first kappa shape index (κ1) is 18.4. The summed E-state index contributed by atoms with van der Waals surface area (Å²) in [4.78, 5) is 14.8. The van der Waals surface area contributed by atoms with Gasteiger partial charge < -0.3 is 15.0 Å². The molecule has 25 heavy (non-hydrogen) atoms. The molecule has 1 aromatic rings. The lowest BCUT2D eigenvalue weighted by molar-refractivity contribution is -0.122. The van der Waals surface area contributed by atoms with Gasteiger partial charge in [-0.2, -0.15) is 5.10 Å². The largest absolute Gasteiger partial charge is 0.370 e. The molecule has 6 heteroatoms. The number of hydrogen-bond acceptors (Lipinski definition) is 4. The summed E-state index contributed by atoms with van der Waals surface area (Å²) in [6.45, 7) is 11.3. The molecule has 0 saturated carbocycles. The number of rotatable bonds is 5. The van der Waals surface area contributed by atoms with Crippen LogP contribution in [0.5, 0.6) is 0 Å². The molecule has 1 spiro atoms. The number of nitrogens with zero attached hydrogens (tertiary/aromatic N) is 2. The summed E-state index contributed by atoms with van der Waals surface area (Å²) in [5, 5.41) is 10.1. The fraction of sp³-hybridized carbons (Fsp3) is 0.789. The summed E-state index contributed by atoms with van der Waals surface area (Å²) < 4.78 is 6.39. The Hall–Kier alpha value is -1.40. The number of amides is 1. The summed E-state index contributed by atoms with van der Waals surface area (Å²) >= 11 is 0. The van der Waals surface area contributed by atoms with Gasteiger partial charge >= 0.3 is 0 Å². The molecular formula is C19H32N4O2. The van der Waals surface area contributed by atoms with Crippen LogP contribution in [0.3, 0.4) is 0 Å². The second-order valence-electron chi connectivity index (χ2n) is 7.98. The van der Waals surface area contributed by atoms with Gasteiger partial charge in [0.05, 0.1) is 23.8 Å². The Labute approximate surface area is 150 Å². The number of ether oxygens (including phenoxy) is 1. The number of piperidine rings is 1. The topological polar surface area (TPSA) is 70.2 Å². The number of nitrogens with one attached hydrogen (secondary N) is 2. The van der Waals surface area contributed by atoms with E-state index in [0.717, 1.165) is 55.7 Å². The first-order chi connectivity index (χ1) is 11.9. The van der Waals surface area contributed by atoms with Crippen molar-refractivity contribution >= 4 is 5.91 Å². The van der Waals surface area contributed by atoms with Crippen LogP contribution in [-0.2, 0) is 16.0 Å². The Morgan fingerprint density at radius 1 is 1.36 bits per heavy atom. The Kier molecular flexibility index (Phi) is 5.49. The van der Waals surface area contributed by atoms with E-state index in [2.05, 4.69) is 34.3 Å². The van der Waals surface area contributed by atoms with E-state index in [0.29, 0.717) is 19.0 Å². The van der Waals surface area contributed by atoms with Crippen molar-refractivity contribution in [2.24, 2.45) is 0 Å². The maximum atomic E-state index is 12.2. The number of aryl methyl sites for hydroxylation is 2. The summed E-state index contributed by atoms with van der Waals surface area (Å²) in [6, 6.07) is 0.615. The van der Waals surface area contributed by atoms with Crippen molar-refractivity contribution in [2.45, 2.75) is 77.5 Å². The third-order valence-corrected chi connectivity index (χ3v) is 5.92. The number of likely N-dealkylation sites (tertiary alicyclic amines) is 1. The summed E-state index contributed by atoms with van der Waals surface area (Å²) in [5.41, 5.74) is 2.93. The highest BCUT2D eigenvalue weighted by Gasteiger charge is 2.42. The molecule has 2 saturated heterocycles. The number of H-pyrrole nitrogens is 1. The van der Waals surface area contributed by atoms with Gasteiger partial charge in [0.25, 0.3) is 0 Å². The molecule has 0 unspecified atom stereocenters. The third kappa shape index (κ3) is 4.23. The van der Waals surface area contributed by atoms with Gasteiger partial charge in [-0.25, -0.2) is 0 Å². The zero-order valence-electron chi connectivity index (χ0n) is 16.0. The average Bonchev–Trinajstić information content (AvgIpc) is 3.12. The molecule has 1 aromatic heterocycles. The Morgan fingerprint density at radius 2 is 2.08 bits per heavy atom. The van der Waals surface area contributed by atoms with Gasteiger partial charge in [0.2, 0.25) is 5.91 Å². The van der Waals surface area contributed by atoms with Crippen molar-refractivity contribution in [2.75, 3.05) is 19.6 Å². The molecule has 0 bridgehead atoms. The van der Waals surface area contributed by atoms with Crippen LogP contribution in [0.2, 0.25) is 0 Å². The maximum absolute atomic E-state index is 12.2. The van der Waals surface area contributed by atoms with E-state index in [1.165, 1.54) is 0 Å². The van der Waals surface area contributed by atoms with E-state index in [1.807, 2.05) is 13.8 Å². The minimum absolute atomic E-state index is 0.0479. The highest BCUT2D eigenvalue weighted by molar-refractivity contribution is 5.79. The van der Waals surface area contributed by atoms with Crippen LogP contribution in [0.15, 0.2) is 0 Å². The number of aromatic amines is 1. The van der Waals surface area contributed by atoms with Crippen molar-refractivity contribution in [1.82, 2.24) is 20.4 Å². The van der Waals surface area contributed by atoms with Gasteiger partial charge in [-0.15, -0.1) is 0 Å². The lowest BCUT2D eigenvalue weighted by Crippen LogP contribution is -2.47. The fourth-order valence-electron chi connectivity index (χ4n) is 4.14. The third-order valence-electron chi connectivity index (χ3n) is 5.92. The summed E-state index contributed by atoms with van der Waals surface area (Å²) in [6.07, 6.45) is 4.94. The minimum atomic E-state index is 0.0479. The van der Waals surface area contributed by atoms with Crippen LogP contribution in [-0.4, -0.2) is 58.4 Å². The van der Waals surface area contributed by atoms with Crippen molar-refractivity contribution in [3.63, 3.8) is 0 Å². The van der Waals surface area contributed by atoms with Crippen molar-refractivity contribution in [1.29, 1.82) is 0 Å². The number of carbonyl (C=O) groups excluding carboxylic acids is 1. The Bertz CT molecular complexity index is 583. The monoisotopic (exact) mass is 348 g/mol. The van der Waals surface area contributed by atoms with Crippen LogP contribution in [0.4, 0.5) is 0 Å². The van der Waals surface area contributed by atoms with Crippen molar-refractivity contribution < 1.29 is 9.53 Å². The van der Waals surface area contributed by atoms with Gasteiger partial charge in [-0.05, 0) is 53.4 Å². The SMILES string of the molecule is Cc1n[nH]c(C)c1CC(=O)NC[C@@H]1CCC2(CCN(C(C)C)CC2)O1. The second kappa shape index (κ2) is 7.46. The zero-order valence-corrected chi connectivity index (χ0v) is 16.0. The van der Waals surface area contributed by atoms with Gasteiger partial charge in [0, 0.05) is 36.9 Å². The molecule has 1 atom stereocenters. The maximum Gasteiger partial charge on any atom is 0.224 e. The van der Waals surface area contributed by atoms with Crippen LogP contribution in [0.1, 0.15) is 56.5 Å². The number of hydrogen-bond donors (Lipinski definition) is 2. The minimum Gasteiger partial charge on any atom is -0.370 e. The smallest absolute Gasteiger partial charge is 0.224 e. The molecule has 6 nitrogen and oxygen atoms in total. The molecule has 1 amide bonds.